The third-order valence-corrected chi connectivity index (χ3v) is 4.85. The SMILES string of the molecule is O=C(NC1(C(=O)O)CCSCC1)c1coc(-c2ccccc2)n1. The minimum atomic E-state index is -1.21. The number of rotatable bonds is 4. The van der Waals surface area contributed by atoms with Crippen LogP contribution in [-0.2, 0) is 4.79 Å². The molecule has 1 aliphatic rings. The van der Waals surface area contributed by atoms with Crippen LogP contribution in [0.15, 0.2) is 41.0 Å². The van der Waals surface area contributed by atoms with Crippen LogP contribution in [0.3, 0.4) is 0 Å². The maximum Gasteiger partial charge on any atom is 0.329 e. The molecule has 7 heteroatoms. The zero-order valence-corrected chi connectivity index (χ0v) is 13.1. The first-order chi connectivity index (χ1) is 11.1. The second kappa shape index (κ2) is 6.45. The van der Waals surface area contributed by atoms with Gasteiger partial charge in [0.05, 0.1) is 0 Å². The molecule has 1 saturated heterocycles. The van der Waals surface area contributed by atoms with E-state index in [1.54, 1.807) is 11.8 Å². The van der Waals surface area contributed by atoms with Crippen molar-refractivity contribution in [1.82, 2.24) is 10.3 Å². The number of nitrogens with zero attached hydrogens (tertiary/aromatic N) is 1. The highest BCUT2D eigenvalue weighted by Gasteiger charge is 2.41. The van der Waals surface area contributed by atoms with Gasteiger partial charge in [-0.1, -0.05) is 18.2 Å². The molecule has 0 aliphatic carbocycles. The summed E-state index contributed by atoms with van der Waals surface area (Å²) in [6.07, 6.45) is 2.06. The molecule has 2 N–H and O–H groups in total. The average molecular weight is 332 g/mol. The summed E-state index contributed by atoms with van der Waals surface area (Å²) in [6.45, 7) is 0. The lowest BCUT2D eigenvalue weighted by atomic mass is 9.92. The smallest absolute Gasteiger partial charge is 0.329 e. The van der Waals surface area contributed by atoms with Crippen molar-refractivity contribution in [1.29, 1.82) is 0 Å². The maximum absolute atomic E-state index is 12.4. The first-order valence-electron chi connectivity index (χ1n) is 7.25. The number of amides is 1. The highest BCUT2D eigenvalue weighted by molar-refractivity contribution is 7.99. The van der Waals surface area contributed by atoms with E-state index < -0.39 is 17.4 Å². The predicted octanol–water partition coefficient (Wildman–Crippen LogP) is 2.42. The van der Waals surface area contributed by atoms with Crippen LogP contribution in [0.4, 0.5) is 0 Å². The van der Waals surface area contributed by atoms with Crippen LogP contribution in [0.5, 0.6) is 0 Å². The summed E-state index contributed by atoms with van der Waals surface area (Å²) in [5, 5.41) is 12.1. The van der Waals surface area contributed by atoms with Gasteiger partial charge in [-0.15, -0.1) is 0 Å². The third-order valence-electron chi connectivity index (χ3n) is 3.87. The number of hydrogen-bond donors (Lipinski definition) is 2. The molecular formula is C16H16N2O4S. The molecule has 0 saturated carbocycles. The second-order valence-electron chi connectivity index (χ2n) is 5.36. The van der Waals surface area contributed by atoms with Crippen LogP contribution < -0.4 is 5.32 Å². The van der Waals surface area contributed by atoms with E-state index in [-0.39, 0.29) is 5.69 Å². The molecule has 1 amide bonds. The normalized spacial score (nSPS) is 16.7. The summed E-state index contributed by atoms with van der Waals surface area (Å²) in [6, 6.07) is 9.21. The highest BCUT2D eigenvalue weighted by Crippen LogP contribution is 2.28. The number of hydrogen-bond acceptors (Lipinski definition) is 5. The molecule has 0 spiro atoms. The standard InChI is InChI=1S/C16H16N2O4S/c19-13(18-16(15(20)21)6-8-23-9-7-16)12-10-22-14(17-12)11-4-2-1-3-5-11/h1-5,10H,6-9H2,(H,18,19)(H,20,21). The van der Waals surface area contributed by atoms with Gasteiger partial charge in [-0.05, 0) is 36.5 Å². The third kappa shape index (κ3) is 3.24. The summed E-state index contributed by atoms with van der Waals surface area (Å²) in [5.74, 6) is 0.226. The van der Waals surface area contributed by atoms with Crippen molar-refractivity contribution in [3.8, 4) is 11.5 Å². The molecule has 120 valence electrons. The second-order valence-corrected chi connectivity index (χ2v) is 6.58. The van der Waals surface area contributed by atoms with E-state index in [4.69, 9.17) is 4.42 Å². The maximum atomic E-state index is 12.4. The van der Waals surface area contributed by atoms with Crippen LogP contribution in [0, 0.1) is 0 Å². The molecule has 0 bridgehead atoms. The lowest BCUT2D eigenvalue weighted by Crippen LogP contribution is -2.56. The molecule has 6 nitrogen and oxygen atoms in total. The van der Waals surface area contributed by atoms with Crippen molar-refractivity contribution in [3.05, 3.63) is 42.3 Å². The van der Waals surface area contributed by atoms with Crippen molar-refractivity contribution < 1.29 is 19.1 Å². The number of carboxylic acids is 1. The Balaban J connectivity index is 1.78. The largest absolute Gasteiger partial charge is 0.480 e. The number of nitrogens with one attached hydrogen (secondary N) is 1. The fourth-order valence-electron chi connectivity index (χ4n) is 2.48. The Hall–Kier alpha value is -2.28. The van der Waals surface area contributed by atoms with Gasteiger partial charge < -0.3 is 14.8 Å². The van der Waals surface area contributed by atoms with Crippen molar-refractivity contribution >= 4 is 23.6 Å². The topological polar surface area (TPSA) is 92.4 Å². The zero-order valence-electron chi connectivity index (χ0n) is 12.3. The molecule has 0 radical (unpaired) electrons. The monoisotopic (exact) mass is 332 g/mol. The quantitative estimate of drug-likeness (QED) is 0.893. The zero-order chi connectivity index (χ0) is 16.3. The number of carbonyl (C=O) groups is 2. The summed E-state index contributed by atoms with van der Waals surface area (Å²) >= 11 is 1.69. The molecule has 2 aromatic rings. The molecule has 23 heavy (non-hydrogen) atoms. The van der Waals surface area contributed by atoms with Gasteiger partial charge in [-0.3, -0.25) is 4.79 Å². The summed E-state index contributed by atoms with van der Waals surface area (Å²) in [5.41, 5.74) is -0.370. The van der Waals surface area contributed by atoms with Gasteiger partial charge in [0.25, 0.3) is 5.91 Å². The summed E-state index contributed by atoms with van der Waals surface area (Å²) in [4.78, 5) is 28.1. The number of carbonyl (C=O) groups excluding carboxylic acids is 1. The van der Waals surface area contributed by atoms with E-state index in [0.29, 0.717) is 30.2 Å². The highest BCUT2D eigenvalue weighted by atomic mass is 32.2. The predicted molar refractivity (Wildman–Crippen MR) is 86.3 cm³/mol. The molecule has 0 atom stereocenters. The summed E-state index contributed by atoms with van der Waals surface area (Å²) < 4.78 is 5.33. The Morgan fingerprint density at radius 1 is 1.22 bits per heavy atom. The van der Waals surface area contributed by atoms with E-state index in [1.165, 1.54) is 6.26 Å². The fraction of sp³-hybridized carbons (Fsp3) is 0.312. The Morgan fingerprint density at radius 2 is 1.91 bits per heavy atom. The van der Waals surface area contributed by atoms with Gasteiger partial charge in [0.15, 0.2) is 5.69 Å². The Kier molecular flexibility index (Phi) is 4.38. The van der Waals surface area contributed by atoms with Gasteiger partial charge in [-0.2, -0.15) is 11.8 Å². The van der Waals surface area contributed by atoms with Gasteiger partial charge in [-0.25, -0.2) is 9.78 Å². The van der Waals surface area contributed by atoms with Gasteiger partial charge in [0.2, 0.25) is 5.89 Å². The molecule has 0 unspecified atom stereocenters. The number of aliphatic carboxylic acids is 1. The van der Waals surface area contributed by atoms with Gasteiger partial charge >= 0.3 is 5.97 Å². The average Bonchev–Trinajstić information content (AvgIpc) is 3.06. The van der Waals surface area contributed by atoms with Crippen LogP contribution in [0.1, 0.15) is 23.3 Å². The number of thioether (sulfide) groups is 1. The number of oxazole rings is 1. The molecule has 2 heterocycles. The minimum absolute atomic E-state index is 0.0858. The molecule has 1 aliphatic heterocycles. The van der Waals surface area contributed by atoms with Crippen LogP contribution in [0.2, 0.25) is 0 Å². The minimum Gasteiger partial charge on any atom is -0.480 e. The lowest BCUT2D eigenvalue weighted by Gasteiger charge is -2.33. The number of benzene rings is 1. The number of carboxylic acid groups (broad SMARTS) is 1. The van der Waals surface area contributed by atoms with Crippen LogP contribution in [-0.4, -0.2) is 39.0 Å². The van der Waals surface area contributed by atoms with E-state index in [9.17, 15) is 14.7 Å². The van der Waals surface area contributed by atoms with Crippen LogP contribution >= 0.6 is 11.8 Å². The first kappa shape index (κ1) is 15.6. The van der Waals surface area contributed by atoms with E-state index in [0.717, 1.165) is 5.56 Å². The molecule has 1 aromatic heterocycles. The fourth-order valence-corrected chi connectivity index (χ4v) is 3.67. The molecule has 3 rings (SSSR count). The van der Waals surface area contributed by atoms with Crippen molar-refractivity contribution in [2.24, 2.45) is 0 Å². The lowest BCUT2D eigenvalue weighted by molar-refractivity contribution is -0.144. The van der Waals surface area contributed by atoms with E-state index in [2.05, 4.69) is 10.3 Å². The molecule has 1 fully saturated rings. The Morgan fingerprint density at radius 3 is 2.57 bits per heavy atom. The van der Waals surface area contributed by atoms with Crippen molar-refractivity contribution in [3.63, 3.8) is 0 Å². The molecule has 1 aromatic carbocycles. The number of aromatic nitrogens is 1. The van der Waals surface area contributed by atoms with Gasteiger partial charge in [0.1, 0.15) is 11.8 Å². The summed E-state index contributed by atoms with van der Waals surface area (Å²) in [7, 11) is 0. The van der Waals surface area contributed by atoms with Gasteiger partial charge in [0, 0.05) is 5.56 Å². The van der Waals surface area contributed by atoms with E-state index >= 15 is 0 Å². The Bertz CT molecular complexity index is 708. The Labute approximate surface area is 137 Å². The van der Waals surface area contributed by atoms with Crippen LogP contribution in [0.25, 0.3) is 11.5 Å². The molecular weight excluding hydrogens is 316 g/mol. The van der Waals surface area contributed by atoms with E-state index in [1.807, 2.05) is 30.3 Å². The van der Waals surface area contributed by atoms with Crippen molar-refractivity contribution in [2.75, 3.05) is 11.5 Å². The first-order valence-corrected chi connectivity index (χ1v) is 8.41. The van der Waals surface area contributed by atoms with Crippen molar-refractivity contribution in [2.45, 2.75) is 18.4 Å².